The van der Waals surface area contributed by atoms with E-state index in [4.69, 9.17) is 8.92 Å². The Morgan fingerprint density at radius 3 is 2.62 bits per heavy atom. The third-order valence-electron chi connectivity index (χ3n) is 6.52. The predicted octanol–water partition coefficient (Wildman–Crippen LogP) is 4.82. The first kappa shape index (κ1) is 21.0. The van der Waals surface area contributed by atoms with Crippen molar-refractivity contribution in [3.05, 3.63) is 88.7 Å². The van der Waals surface area contributed by atoms with Gasteiger partial charge >= 0.3 is 10.1 Å². The molecule has 0 saturated carbocycles. The zero-order valence-corrected chi connectivity index (χ0v) is 18.7. The average molecular weight is 454 g/mol. The normalized spacial score (nSPS) is 20.1. The first-order valence-electron chi connectivity index (χ1n) is 10.6. The van der Waals surface area contributed by atoms with E-state index in [9.17, 15) is 12.8 Å². The summed E-state index contributed by atoms with van der Waals surface area (Å²) in [5.74, 6) is 0.00992. The summed E-state index contributed by atoms with van der Waals surface area (Å²) in [5, 5.41) is 0. The molecule has 3 aromatic carbocycles. The molecule has 0 N–H and O–H groups in total. The van der Waals surface area contributed by atoms with E-state index in [1.165, 1.54) is 36.4 Å². The van der Waals surface area contributed by atoms with Crippen molar-refractivity contribution < 1.29 is 21.7 Å². The molecular formula is C25H24FNO4S. The van der Waals surface area contributed by atoms with E-state index < -0.39 is 15.9 Å². The van der Waals surface area contributed by atoms with Crippen LogP contribution in [0.25, 0.3) is 0 Å². The lowest BCUT2D eigenvalue weighted by Gasteiger charge is -2.45. The minimum atomic E-state index is -4.24. The number of nitrogens with zero attached hydrogens (tertiary/aromatic N) is 1. The van der Waals surface area contributed by atoms with Crippen LogP contribution in [-0.4, -0.2) is 27.0 Å². The smallest absolute Gasteiger partial charge is 0.339 e. The summed E-state index contributed by atoms with van der Waals surface area (Å²) in [5.41, 5.74) is 4.52. The third-order valence-corrected chi connectivity index (χ3v) is 7.74. The van der Waals surface area contributed by atoms with Crippen molar-refractivity contribution in [2.75, 3.05) is 13.7 Å². The van der Waals surface area contributed by atoms with Gasteiger partial charge < -0.3 is 8.92 Å². The van der Waals surface area contributed by atoms with Crippen LogP contribution in [0.4, 0.5) is 4.39 Å². The predicted molar refractivity (Wildman–Crippen MR) is 119 cm³/mol. The summed E-state index contributed by atoms with van der Waals surface area (Å²) in [6, 6.07) is 17.3. The van der Waals surface area contributed by atoms with Crippen LogP contribution in [0.5, 0.6) is 11.5 Å². The van der Waals surface area contributed by atoms with Crippen LogP contribution >= 0.6 is 0 Å². The Morgan fingerprint density at radius 2 is 1.84 bits per heavy atom. The van der Waals surface area contributed by atoms with E-state index in [2.05, 4.69) is 36.1 Å². The highest BCUT2D eigenvalue weighted by atomic mass is 32.2. The number of fused-ring (bicyclic) bond motifs is 4. The largest absolute Gasteiger partial charge is 0.493 e. The number of methoxy groups -OCH3 is 1. The first-order chi connectivity index (χ1) is 15.4. The zero-order chi connectivity index (χ0) is 22.5. The molecule has 0 amide bonds. The zero-order valence-electron chi connectivity index (χ0n) is 17.9. The summed E-state index contributed by atoms with van der Waals surface area (Å²) >= 11 is 0. The number of benzene rings is 3. The first-order valence-corrected chi connectivity index (χ1v) is 12.0. The Balaban J connectivity index is 1.59. The van der Waals surface area contributed by atoms with Gasteiger partial charge in [0.15, 0.2) is 11.5 Å². The molecule has 0 spiro atoms. The van der Waals surface area contributed by atoms with Crippen molar-refractivity contribution in [2.24, 2.45) is 0 Å². The molecule has 0 bridgehead atoms. The van der Waals surface area contributed by atoms with Gasteiger partial charge in [0, 0.05) is 30.6 Å². The molecule has 0 fully saturated rings. The van der Waals surface area contributed by atoms with Crippen molar-refractivity contribution in [1.82, 2.24) is 4.90 Å². The molecular weight excluding hydrogens is 429 g/mol. The lowest BCUT2D eigenvalue weighted by atomic mass is 9.77. The van der Waals surface area contributed by atoms with Crippen molar-refractivity contribution in [2.45, 2.75) is 36.7 Å². The SMILES string of the molecule is COc1ccc2c(c1OS(=O)(=O)c1cccc(F)c1)CN1CCc3ccccc3C1C2C. The number of halogens is 1. The highest BCUT2D eigenvalue weighted by Crippen LogP contribution is 2.50. The van der Waals surface area contributed by atoms with Crippen LogP contribution < -0.4 is 8.92 Å². The summed E-state index contributed by atoms with van der Waals surface area (Å²) in [6.07, 6.45) is 0.941. The third kappa shape index (κ3) is 3.45. The molecule has 32 heavy (non-hydrogen) atoms. The van der Waals surface area contributed by atoms with Crippen LogP contribution in [0.3, 0.4) is 0 Å². The molecule has 0 aliphatic carbocycles. The van der Waals surface area contributed by atoms with E-state index in [1.807, 2.05) is 6.07 Å². The van der Waals surface area contributed by atoms with Crippen LogP contribution in [0.15, 0.2) is 65.6 Å². The van der Waals surface area contributed by atoms with Gasteiger partial charge in [-0.15, -0.1) is 0 Å². The van der Waals surface area contributed by atoms with Crippen LogP contribution in [0.2, 0.25) is 0 Å². The van der Waals surface area contributed by atoms with Crippen LogP contribution in [0.1, 0.15) is 41.1 Å². The second-order valence-electron chi connectivity index (χ2n) is 8.31. The van der Waals surface area contributed by atoms with Crippen molar-refractivity contribution in [3.63, 3.8) is 0 Å². The Bertz CT molecular complexity index is 1290. The second-order valence-corrected chi connectivity index (χ2v) is 9.86. The lowest BCUT2D eigenvalue weighted by Crippen LogP contribution is -2.41. The average Bonchev–Trinajstić information content (AvgIpc) is 2.79. The van der Waals surface area contributed by atoms with E-state index >= 15 is 0 Å². The molecule has 0 saturated heterocycles. The molecule has 7 heteroatoms. The monoisotopic (exact) mass is 453 g/mol. The molecule has 0 radical (unpaired) electrons. The maximum absolute atomic E-state index is 13.7. The van der Waals surface area contributed by atoms with E-state index in [-0.39, 0.29) is 22.6 Å². The van der Waals surface area contributed by atoms with Gasteiger partial charge in [0.25, 0.3) is 0 Å². The molecule has 3 aromatic rings. The minimum absolute atomic E-state index is 0.130. The molecule has 2 aliphatic heterocycles. The fourth-order valence-electron chi connectivity index (χ4n) is 5.03. The van der Waals surface area contributed by atoms with E-state index in [0.717, 1.165) is 30.2 Å². The number of ether oxygens (including phenoxy) is 1. The van der Waals surface area contributed by atoms with Gasteiger partial charge in [0.1, 0.15) is 10.7 Å². The minimum Gasteiger partial charge on any atom is -0.493 e. The van der Waals surface area contributed by atoms with Gasteiger partial charge in [-0.3, -0.25) is 4.90 Å². The van der Waals surface area contributed by atoms with Gasteiger partial charge in [0.2, 0.25) is 0 Å². The summed E-state index contributed by atoms with van der Waals surface area (Å²) in [4.78, 5) is 2.14. The number of hydrogen-bond donors (Lipinski definition) is 0. The molecule has 2 heterocycles. The molecule has 5 rings (SSSR count). The second kappa shape index (κ2) is 7.90. The van der Waals surface area contributed by atoms with Crippen molar-refractivity contribution >= 4 is 10.1 Å². The van der Waals surface area contributed by atoms with Crippen LogP contribution in [0, 0.1) is 5.82 Å². The number of rotatable bonds is 4. The highest BCUT2D eigenvalue weighted by Gasteiger charge is 2.39. The standard InChI is InChI=1S/C25H24FNO4S/c1-16-20-10-11-23(30-2)25(31-32(28,29)19-8-5-7-18(26)14-19)22(20)15-27-13-12-17-6-3-4-9-21(17)24(16)27/h3-11,14,16,24H,12-13,15H2,1-2H3. The molecule has 0 aromatic heterocycles. The fraction of sp³-hybridized carbons (Fsp3) is 0.280. The van der Waals surface area contributed by atoms with Crippen molar-refractivity contribution in [3.8, 4) is 11.5 Å². The van der Waals surface area contributed by atoms with Crippen molar-refractivity contribution in [1.29, 1.82) is 0 Å². The van der Waals surface area contributed by atoms with E-state index in [1.54, 1.807) is 6.07 Å². The van der Waals surface area contributed by atoms with Gasteiger partial charge in [-0.25, -0.2) is 4.39 Å². The molecule has 2 atom stereocenters. The summed E-state index contributed by atoms with van der Waals surface area (Å²) in [6.45, 7) is 3.58. The van der Waals surface area contributed by atoms with Gasteiger partial charge in [-0.1, -0.05) is 43.3 Å². The molecule has 5 nitrogen and oxygen atoms in total. The van der Waals surface area contributed by atoms with Gasteiger partial charge in [0.05, 0.1) is 7.11 Å². The maximum atomic E-state index is 13.7. The van der Waals surface area contributed by atoms with E-state index in [0.29, 0.717) is 12.3 Å². The Hall–Kier alpha value is -2.90. The molecule has 2 aliphatic rings. The Kier molecular flexibility index (Phi) is 5.18. The topological polar surface area (TPSA) is 55.8 Å². The lowest BCUT2D eigenvalue weighted by molar-refractivity contribution is 0.137. The Labute approximate surface area is 187 Å². The van der Waals surface area contributed by atoms with Crippen LogP contribution in [-0.2, 0) is 23.1 Å². The summed E-state index contributed by atoms with van der Waals surface area (Å²) < 4.78 is 50.7. The number of hydrogen-bond acceptors (Lipinski definition) is 5. The van der Waals surface area contributed by atoms with Gasteiger partial charge in [-0.2, -0.15) is 8.42 Å². The highest BCUT2D eigenvalue weighted by molar-refractivity contribution is 7.87. The Morgan fingerprint density at radius 1 is 1.03 bits per heavy atom. The van der Waals surface area contributed by atoms with Gasteiger partial charge in [-0.05, 0) is 47.4 Å². The fourth-order valence-corrected chi connectivity index (χ4v) is 6.03. The maximum Gasteiger partial charge on any atom is 0.339 e. The molecule has 166 valence electrons. The molecule has 2 unspecified atom stereocenters. The quantitative estimate of drug-likeness (QED) is 0.530. The summed E-state index contributed by atoms with van der Waals surface area (Å²) in [7, 11) is -2.75.